The minimum Gasteiger partial charge on any atom is -0.333 e. The van der Waals surface area contributed by atoms with E-state index in [0.717, 1.165) is 24.3 Å². The van der Waals surface area contributed by atoms with E-state index in [-0.39, 0.29) is 30.3 Å². The lowest BCUT2D eigenvalue weighted by atomic mass is 9.99. The molecular weight excluding hydrogens is 302 g/mol. The average molecular weight is 324 g/mol. The van der Waals surface area contributed by atoms with Crippen LogP contribution in [0.15, 0.2) is 18.2 Å². The van der Waals surface area contributed by atoms with Crippen LogP contribution in [0.2, 0.25) is 0 Å². The SMILES string of the molecule is CC1NCCN(C(=O)c2ccc3c(c2)CCC(=O)N3)C1C.Cl. The molecule has 0 saturated carbocycles. The second-order valence-corrected chi connectivity index (χ2v) is 5.90. The molecule has 3 rings (SSSR count). The number of carbonyl (C=O) groups is 2. The maximum Gasteiger partial charge on any atom is 0.254 e. The van der Waals surface area contributed by atoms with Gasteiger partial charge >= 0.3 is 0 Å². The number of nitrogens with zero attached hydrogens (tertiary/aromatic N) is 1. The third kappa shape index (κ3) is 3.10. The highest BCUT2D eigenvalue weighted by molar-refractivity contribution is 5.98. The van der Waals surface area contributed by atoms with Gasteiger partial charge in [0, 0.05) is 42.8 Å². The van der Waals surface area contributed by atoms with Crippen LogP contribution in [0.4, 0.5) is 5.69 Å². The number of benzene rings is 1. The number of halogens is 1. The molecule has 0 aliphatic carbocycles. The van der Waals surface area contributed by atoms with Gasteiger partial charge in [0.25, 0.3) is 5.91 Å². The molecule has 120 valence electrons. The fourth-order valence-corrected chi connectivity index (χ4v) is 3.03. The Kier molecular flexibility index (Phi) is 5.08. The van der Waals surface area contributed by atoms with E-state index in [1.165, 1.54) is 0 Å². The number of carbonyl (C=O) groups excluding carboxylic acids is 2. The van der Waals surface area contributed by atoms with Gasteiger partial charge in [-0.2, -0.15) is 0 Å². The quantitative estimate of drug-likeness (QED) is 0.828. The maximum atomic E-state index is 12.7. The fourth-order valence-electron chi connectivity index (χ4n) is 3.03. The van der Waals surface area contributed by atoms with Crippen LogP contribution in [0.3, 0.4) is 0 Å². The highest BCUT2D eigenvalue weighted by Crippen LogP contribution is 2.25. The van der Waals surface area contributed by atoms with Crippen molar-refractivity contribution in [2.75, 3.05) is 18.4 Å². The van der Waals surface area contributed by atoms with E-state index < -0.39 is 0 Å². The molecule has 2 heterocycles. The molecule has 2 aliphatic rings. The van der Waals surface area contributed by atoms with Crippen molar-refractivity contribution in [1.82, 2.24) is 10.2 Å². The Labute approximate surface area is 136 Å². The Hall–Kier alpha value is -1.59. The minimum absolute atomic E-state index is 0. The average Bonchev–Trinajstić information content (AvgIpc) is 2.49. The number of hydrogen-bond acceptors (Lipinski definition) is 3. The third-order valence-corrected chi connectivity index (χ3v) is 4.54. The molecule has 0 radical (unpaired) electrons. The zero-order valence-electron chi connectivity index (χ0n) is 12.9. The molecule has 6 heteroatoms. The summed E-state index contributed by atoms with van der Waals surface area (Å²) in [7, 11) is 0. The van der Waals surface area contributed by atoms with E-state index in [1.807, 2.05) is 23.1 Å². The zero-order chi connectivity index (χ0) is 15.0. The Balaban J connectivity index is 0.00000176. The van der Waals surface area contributed by atoms with Crippen molar-refractivity contribution in [3.05, 3.63) is 29.3 Å². The van der Waals surface area contributed by atoms with Crippen molar-refractivity contribution < 1.29 is 9.59 Å². The van der Waals surface area contributed by atoms with Crippen LogP contribution in [0.25, 0.3) is 0 Å². The van der Waals surface area contributed by atoms with Crippen molar-refractivity contribution in [3.63, 3.8) is 0 Å². The van der Waals surface area contributed by atoms with E-state index in [2.05, 4.69) is 24.5 Å². The highest BCUT2D eigenvalue weighted by Gasteiger charge is 2.29. The Morgan fingerprint density at radius 3 is 2.82 bits per heavy atom. The number of amides is 2. The molecular formula is C16H22ClN3O2. The molecule has 1 fully saturated rings. The van der Waals surface area contributed by atoms with Gasteiger partial charge in [0.15, 0.2) is 0 Å². The molecule has 0 bridgehead atoms. The summed E-state index contributed by atoms with van der Waals surface area (Å²) in [5.41, 5.74) is 2.60. The number of piperazine rings is 1. The summed E-state index contributed by atoms with van der Waals surface area (Å²) in [5, 5.41) is 6.23. The first-order valence-corrected chi connectivity index (χ1v) is 7.53. The van der Waals surface area contributed by atoms with Gasteiger partial charge in [0.2, 0.25) is 5.91 Å². The van der Waals surface area contributed by atoms with Gasteiger partial charge in [-0.05, 0) is 44.0 Å². The van der Waals surface area contributed by atoms with E-state index in [4.69, 9.17) is 0 Å². The molecule has 1 aromatic rings. The van der Waals surface area contributed by atoms with Crippen LogP contribution in [-0.4, -0.2) is 41.9 Å². The van der Waals surface area contributed by atoms with Crippen LogP contribution in [0, 0.1) is 0 Å². The van der Waals surface area contributed by atoms with Crippen molar-refractivity contribution in [2.45, 2.75) is 38.8 Å². The Morgan fingerprint density at radius 2 is 2.05 bits per heavy atom. The summed E-state index contributed by atoms with van der Waals surface area (Å²) < 4.78 is 0. The van der Waals surface area contributed by atoms with Gasteiger partial charge in [-0.25, -0.2) is 0 Å². The van der Waals surface area contributed by atoms with Crippen LogP contribution in [-0.2, 0) is 11.2 Å². The molecule has 2 aliphatic heterocycles. The van der Waals surface area contributed by atoms with E-state index in [1.54, 1.807) is 0 Å². The van der Waals surface area contributed by atoms with Gasteiger partial charge in [-0.1, -0.05) is 0 Å². The topological polar surface area (TPSA) is 61.4 Å². The van der Waals surface area contributed by atoms with E-state index >= 15 is 0 Å². The molecule has 0 aromatic heterocycles. The number of fused-ring (bicyclic) bond motifs is 1. The summed E-state index contributed by atoms with van der Waals surface area (Å²) in [6, 6.07) is 6.07. The lowest BCUT2D eigenvalue weighted by molar-refractivity contribution is -0.116. The highest BCUT2D eigenvalue weighted by atomic mass is 35.5. The van der Waals surface area contributed by atoms with Gasteiger partial charge < -0.3 is 15.5 Å². The molecule has 22 heavy (non-hydrogen) atoms. The summed E-state index contributed by atoms with van der Waals surface area (Å²) in [6.45, 7) is 5.75. The van der Waals surface area contributed by atoms with Crippen LogP contribution < -0.4 is 10.6 Å². The Bertz CT molecular complexity index is 591. The number of rotatable bonds is 1. The third-order valence-electron chi connectivity index (χ3n) is 4.54. The fraction of sp³-hybridized carbons (Fsp3) is 0.500. The first-order valence-electron chi connectivity index (χ1n) is 7.53. The predicted octanol–water partition coefficient (Wildman–Crippen LogP) is 1.82. The molecule has 1 aromatic carbocycles. The molecule has 2 amide bonds. The monoisotopic (exact) mass is 323 g/mol. The van der Waals surface area contributed by atoms with Crippen molar-refractivity contribution in [3.8, 4) is 0 Å². The lowest BCUT2D eigenvalue weighted by Crippen LogP contribution is -2.57. The second kappa shape index (κ2) is 6.67. The lowest BCUT2D eigenvalue weighted by Gasteiger charge is -2.38. The largest absolute Gasteiger partial charge is 0.333 e. The van der Waals surface area contributed by atoms with E-state index in [9.17, 15) is 9.59 Å². The van der Waals surface area contributed by atoms with Gasteiger partial charge in [-0.3, -0.25) is 9.59 Å². The summed E-state index contributed by atoms with van der Waals surface area (Å²) in [4.78, 5) is 26.0. The molecule has 2 N–H and O–H groups in total. The van der Waals surface area contributed by atoms with Crippen molar-refractivity contribution >= 4 is 29.9 Å². The summed E-state index contributed by atoms with van der Waals surface area (Å²) in [5.74, 6) is 0.127. The summed E-state index contributed by atoms with van der Waals surface area (Å²) >= 11 is 0. The van der Waals surface area contributed by atoms with E-state index in [0.29, 0.717) is 24.4 Å². The first-order chi connectivity index (χ1) is 10.1. The number of anilines is 1. The molecule has 5 nitrogen and oxygen atoms in total. The number of hydrogen-bond donors (Lipinski definition) is 2. The standard InChI is InChI=1S/C16H21N3O2.ClH/c1-10-11(2)19(8-7-17-10)16(21)13-3-5-14-12(9-13)4-6-15(20)18-14;/h3,5,9-11,17H,4,6-8H2,1-2H3,(H,18,20);1H. The molecule has 0 spiro atoms. The normalized spacial score (nSPS) is 24.1. The van der Waals surface area contributed by atoms with Crippen molar-refractivity contribution in [2.24, 2.45) is 0 Å². The second-order valence-electron chi connectivity index (χ2n) is 5.90. The van der Waals surface area contributed by atoms with Crippen LogP contribution in [0.5, 0.6) is 0 Å². The smallest absolute Gasteiger partial charge is 0.254 e. The molecule has 2 atom stereocenters. The molecule has 1 saturated heterocycles. The maximum absolute atomic E-state index is 12.7. The molecule has 2 unspecified atom stereocenters. The van der Waals surface area contributed by atoms with Gasteiger partial charge in [-0.15, -0.1) is 12.4 Å². The zero-order valence-corrected chi connectivity index (χ0v) is 13.7. The Morgan fingerprint density at radius 1 is 1.27 bits per heavy atom. The van der Waals surface area contributed by atoms with Crippen molar-refractivity contribution in [1.29, 1.82) is 0 Å². The van der Waals surface area contributed by atoms with Crippen LogP contribution >= 0.6 is 12.4 Å². The minimum atomic E-state index is 0. The van der Waals surface area contributed by atoms with Crippen LogP contribution in [0.1, 0.15) is 36.2 Å². The van der Waals surface area contributed by atoms with Gasteiger partial charge in [0.05, 0.1) is 0 Å². The first kappa shape index (κ1) is 16.8. The van der Waals surface area contributed by atoms with Gasteiger partial charge in [0.1, 0.15) is 0 Å². The number of aryl methyl sites for hydroxylation is 1. The number of nitrogens with one attached hydrogen (secondary N) is 2. The predicted molar refractivity (Wildman–Crippen MR) is 88.6 cm³/mol. The summed E-state index contributed by atoms with van der Waals surface area (Å²) in [6.07, 6.45) is 1.20.